The van der Waals surface area contributed by atoms with Crippen LogP contribution in [0, 0.1) is 5.92 Å². The SMILES string of the molecule is CCc1nn(CC)c(CC(C)CCNC(C)C)c1Cl. The first-order valence-electron chi connectivity index (χ1n) is 7.46. The minimum Gasteiger partial charge on any atom is -0.315 e. The lowest BCUT2D eigenvalue weighted by molar-refractivity contribution is 0.461. The van der Waals surface area contributed by atoms with Gasteiger partial charge in [-0.25, -0.2) is 0 Å². The smallest absolute Gasteiger partial charge is 0.0849 e. The van der Waals surface area contributed by atoms with Crippen LogP contribution in [0.5, 0.6) is 0 Å². The van der Waals surface area contributed by atoms with Crippen molar-refractivity contribution in [1.82, 2.24) is 15.1 Å². The fourth-order valence-electron chi connectivity index (χ4n) is 2.26. The average Bonchev–Trinajstić information content (AvgIpc) is 2.66. The summed E-state index contributed by atoms with van der Waals surface area (Å²) in [4.78, 5) is 0. The highest BCUT2D eigenvalue weighted by Crippen LogP contribution is 2.24. The van der Waals surface area contributed by atoms with Crippen LogP contribution in [0.2, 0.25) is 5.02 Å². The molecule has 0 saturated carbocycles. The number of rotatable bonds is 8. The highest BCUT2D eigenvalue weighted by molar-refractivity contribution is 6.31. The van der Waals surface area contributed by atoms with Crippen molar-refractivity contribution < 1.29 is 0 Å². The molecule has 4 heteroatoms. The molecule has 1 aromatic heterocycles. The van der Waals surface area contributed by atoms with Gasteiger partial charge in [-0.15, -0.1) is 0 Å². The molecule has 0 amide bonds. The molecular formula is C15H28ClN3. The molecule has 0 saturated heterocycles. The van der Waals surface area contributed by atoms with Crippen molar-refractivity contribution >= 4 is 11.6 Å². The second-order valence-electron chi connectivity index (χ2n) is 5.58. The number of hydrogen-bond donors (Lipinski definition) is 1. The largest absolute Gasteiger partial charge is 0.315 e. The van der Waals surface area contributed by atoms with Crippen LogP contribution in [0.4, 0.5) is 0 Å². The van der Waals surface area contributed by atoms with Gasteiger partial charge in [0.05, 0.1) is 16.4 Å². The third kappa shape index (κ3) is 4.81. The summed E-state index contributed by atoms with van der Waals surface area (Å²) >= 11 is 6.44. The summed E-state index contributed by atoms with van der Waals surface area (Å²) < 4.78 is 2.06. The minimum absolute atomic E-state index is 0.559. The molecule has 110 valence electrons. The summed E-state index contributed by atoms with van der Waals surface area (Å²) in [5, 5.41) is 8.93. The topological polar surface area (TPSA) is 29.9 Å². The molecule has 0 fully saturated rings. The molecule has 19 heavy (non-hydrogen) atoms. The van der Waals surface area contributed by atoms with E-state index in [2.05, 4.69) is 49.7 Å². The van der Waals surface area contributed by atoms with Crippen LogP contribution in [-0.2, 0) is 19.4 Å². The molecule has 0 aliphatic carbocycles. The Kier molecular flexibility index (Phi) is 6.87. The molecule has 1 aromatic rings. The number of nitrogens with zero attached hydrogens (tertiary/aromatic N) is 2. The summed E-state index contributed by atoms with van der Waals surface area (Å²) in [6.07, 6.45) is 3.09. The van der Waals surface area contributed by atoms with E-state index in [-0.39, 0.29) is 0 Å². The van der Waals surface area contributed by atoms with Gasteiger partial charge in [0.25, 0.3) is 0 Å². The van der Waals surface area contributed by atoms with Gasteiger partial charge < -0.3 is 5.32 Å². The van der Waals surface area contributed by atoms with E-state index in [1.54, 1.807) is 0 Å². The van der Waals surface area contributed by atoms with E-state index >= 15 is 0 Å². The van der Waals surface area contributed by atoms with Crippen LogP contribution in [0.15, 0.2) is 0 Å². The Balaban J connectivity index is 2.62. The van der Waals surface area contributed by atoms with E-state index in [0.29, 0.717) is 12.0 Å². The second-order valence-corrected chi connectivity index (χ2v) is 5.96. The molecule has 1 atom stereocenters. The summed E-state index contributed by atoms with van der Waals surface area (Å²) in [5.74, 6) is 0.621. The van der Waals surface area contributed by atoms with Crippen molar-refractivity contribution in [1.29, 1.82) is 0 Å². The minimum atomic E-state index is 0.559. The van der Waals surface area contributed by atoms with Gasteiger partial charge in [-0.05, 0) is 38.6 Å². The fourth-order valence-corrected chi connectivity index (χ4v) is 2.61. The zero-order chi connectivity index (χ0) is 14.4. The Morgan fingerprint density at radius 3 is 2.47 bits per heavy atom. The summed E-state index contributed by atoms with van der Waals surface area (Å²) in [5.41, 5.74) is 2.24. The predicted octanol–water partition coefficient (Wildman–Crippen LogP) is 3.69. The summed E-state index contributed by atoms with van der Waals surface area (Å²) in [6.45, 7) is 12.8. The molecular weight excluding hydrogens is 258 g/mol. The van der Waals surface area contributed by atoms with Gasteiger partial charge in [-0.1, -0.05) is 39.3 Å². The van der Waals surface area contributed by atoms with E-state index in [1.807, 2.05) is 0 Å². The summed E-state index contributed by atoms with van der Waals surface area (Å²) in [6, 6.07) is 0.559. The van der Waals surface area contributed by atoms with Gasteiger partial charge in [0, 0.05) is 12.6 Å². The lowest BCUT2D eigenvalue weighted by Gasteiger charge is -2.14. The van der Waals surface area contributed by atoms with Crippen LogP contribution in [0.1, 0.15) is 52.4 Å². The van der Waals surface area contributed by atoms with E-state index in [1.165, 1.54) is 12.1 Å². The Bertz CT molecular complexity index is 385. The van der Waals surface area contributed by atoms with Crippen LogP contribution in [-0.4, -0.2) is 22.4 Å². The Labute approximate surface area is 122 Å². The number of aromatic nitrogens is 2. The zero-order valence-corrected chi connectivity index (χ0v) is 13.7. The van der Waals surface area contributed by atoms with Crippen molar-refractivity contribution in [3.63, 3.8) is 0 Å². The van der Waals surface area contributed by atoms with E-state index in [0.717, 1.165) is 36.6 Å². The van der Waals surface area contributed by atoms with Crippen molar-refractivity contribution in [3.8, 4) is 0 Å². The normalized spacial score (nSPS) is 13.2. The third-order valence-electron chi connectivity index (χ3n) is 3.43. The number of halogens is 1. The van der Waals surface area contributed by atoms with Gasteiger partial charge in [0.2, 0.25) is 0 Å². The summed E-state index contributed by atoms with van der Waals surface area (Å²) in [7, 11) is 0. The van der Waals surface area contributed by atoms with Crippen LogP contribution in [0.25, 0.3) is 0 Å². The van der Waals surface area contributed by atoms with Crippen molar-refractivity contribution in [2.45, 2.75) is 66.5 Å². The number of nitrogens with one attached hydrogen (secondary N) is 1. The monoisotopic (exact) mass is 285 g/mol. The van der Waals surface area contributed by atoms with E-state index in [4.69, 9.17) is 11.6 Å². The van der Waals surface area contributed by atoms with Gasteiger partial charge in [0.1, 0.15) is 0 Å². The molecule has 1 unspecified atom stereocenters. The molecule has 0 aromatic carbocycles. The molecule has 0 spiro atoms. The molecule has 0 bridgehead atoms. The zero-order valence-electron chi connectivity index (χ0n) is 13.0. The van der Waals surface area contributed by atoms with Gasteiger partial charge in [-0.3, -0.25) is 4.68 Å². The first kappa shape index (κ1) is 16.5. The van der Waals surface area contributed by atoms with Gasteiger partial charge in [-0.2, -0.15) is 5.10 Å². The maximum atomic E-state index is 6.44. The van der Waals surface area contributed by atoms with E-state index < -0.39 is 0 Å². The number of aryl methyl sites for hydroxylation is 2. The van der Waals surface area contributed by atoms with Gasteiger partial charge >= 0.3 is 0 Å². The molecule has 0 aliphatic rings. The van der Waals surface area contributed by atoms with E-state index in [9.17, 15) is 0 Å². The van der Waals surface area contributed by atoms with Crippen molar-refractivity contribution in [3.05, 3.63) is 16.4 Å². The number of hydrogen-bond acceptors (Lipinski definition) is 2. The lowest BCUT2D eigenvalue weighted by Crippen LogP contribution is -2.25. The molecule has 0 radical (unpaired) electrons. The highest BCUT2D eigenvalue weighted by atomic mass is 35.5. The van der Waals surface area contributed by atoms with Crippen LogP contribution in [0.3, 0.4) is 0 Å². The Morgan fingerprint density at radius 1 is 1.26 bits per heavy atom. The standard InChI is InChI=1S/C15H28ClN3/c1-6-13-15(16)14(19(7-2)18-13)10-12(5)8-9-17-11(3)4/h11-12,17H,6-10H2,1-5H3. The fraction of sp³-hybridized carbons (Fsp3) is 0.800. The lowest BCUT2D eigenvalue weighted by atomic mass is 10.0. The average molecular weight is 286 g/mol. The molecule has 1 N–H and O–H groups in total. The van der Waals surface area contributed by atoms with Gasteiger partial charge in [0.15, 0.2) is 0 Å². The Hall–Kier alpha value is -0.540. The maximum absolute atomic E-state index is 6.44. The molecule has 0 aliphatic heterocycles. The highest BCUT2D eigenvalue weighted by Gasteiger charge is 2.16. The van der Waals surface area contributed by atoms with Crippen LogP contribution >= 0.6 is 11.6 Å². The first-order valence-corrected chi connectivity index (χ1v) is 7.84. The first-order chi connectivity index (χ1) is 8.99. The molecule has 3 nitrogen and oxygen atoms in total. The third-order valence-corrected chi connectivity index (χ3v) is 3.86. The van der Waals surface area contributed by atoms with Crippen LogP contribution < -0.4 is 5.32 Å². The maximum Gasteiger partial charge on any atom is 0.0849 e. The predicted molar refractivity (Wildman–Crippen MR) is 82.9 cm³/mol. The van der Waals surface area contributed by atoms with Crippen molar-refractivity contribution in [2.75, 3.05) is 6.54 Å². The second kappa shape index (κ2) is 7.91. The Morgan fingerprint density at radius 2 is 1.95 bits per heavy atom. The van der Waals surface area contributed by atoms with Crippen molar-refractivity contribution in [2.24, 2.45) is 5.92 Å². The quantitative estimate of drug-likeness (QED) is 0.789. The molecule has 1 heterocycles. The molecule has 1 rings (SSSR count).